The van der Waals surface area contributed by atoms with Crippen molar-refractivity contribution in [3.8, 4) is 22.4 Å². The van der Waals surface area contributed by atoms with Crippen molar-refractivity contribution in [2.24, 2.45) is 0 Å². The van der Waals surface area contributed by atoms with E-state index in [-0.39, 0.29) is 15.9 Å². The second-order valence-corrected chi connectivity index (χ2v) is 9.44. The van der Waals surface area contributed by atoms with E-state index in [1.165, 1.54) is 18.2 Å². The Labute approximate surface area is 183 Å². The predicted octanol–water partition coefficient (Wildman–Crippen LogP) is 5.95. The average Bonchev–Trinajstić information content (AvgIpc) is 2.76. The Morgan fingerprint density at radius 1 is 0.844 bits per heavy atom. The highest BCUT2D eigenvalue weighted by Crippen LogP contribution is 2.35. The minimum absolute atomic E-state index is 0.183. The van der Waals surface area contributed by atoms with Gasteiger partial charge in [-0.25, -0.2) is 18.4 Å². The number of halogens is 3. The first-order valence-electron chi connectivity index (χ1n) is 9.85. The molecule has 0 radical (unpaired) electrons. The van der Waals surface area contributed by atoms with E-state index in [2.05, 4.69) is 9.97 Å². The summed E-state index contributed by atoms with van der Waals surface area (Å²) >= 11 is 0. The number of aryl methyl sites for hydroxylation is 1. The molecule has 0 saturated carbocycles. The van der Waals surface area contributed by atoms with Gasteiger partial charge in [-0.1, -0.05) is 49.4 Å². The van der Waals surface area contributed by atoms with E-state index in [1.54, 1.807) is 42.5 Å². The van der Waals surface area contributed by atoms with E-state index in [0.717, 1.165) is 23.4 Å². The van der Waals surface area contributed by atoms with Gasteiger partial charge in [-0.05, 0) is 41.8 Å². The molecule has 3 aromatic carbocycles. The number of benzene rings is 3. The van der Waals surface area contributed by atoms with Gasteiger partial charge in [0.2, 0.25) is 0 Å². The SMILES string of the molecule is CCc1nc2cccc(C(F)(F)F)c2nc1-c1ccc(-c2cccc(S(C)(=O)=O)c2)cc1. The number of hydrogen-bond donors (Lipinski definition) is 0. The summed E-state index contributed by atoms with van der Waals surface area (Å²) in [6.07, 6.45) is -2.88. The molecule has 4 nitrogen and oxygen atoms in total. The first kappa shape index (κ1) is 22.0. The number of alkyl halides is 3. The summed E-state index contributed by atoms with van der Waals surface area (Å²) in [5.41, 5.74) is 2.33. The van der Waals surface area contributed by atoms with Gasteiger partial charge in [0.05, 0.1) is 27.4 Å². The molecule has 4 rings (SSSR count). The van der Waals surface area contributed by atoms with Crippen molar-refractivity contribution in [3.05, 3.63) is 78.0 Å². The van der Waals surface area contributed by atoms with Gasteiger partial charge in [0.15, 0.2) is 9.84 Å². The third-order valence-electron chi connectivity index (χ3n) is 5.16. The largest absolute Gasteiger partial charge is 0.418 e. The van der Waals surface area contributed by atoms with Crippen LogP contribution in [-0.2, 0) is 22.4 Å². The summed E-state index contributed by atoms with van der Waals surface area (Å²) in [6, 6.07) is 17.5. The van der Waals surface area contributed by atoms with Gasteiger partial charge < -0.3 is 0 Å². The number of sulfone groups is 1. The molecule has 164 valence electrons. The molecule has 0 N–H and O–H groups in total. The van der Waals surface area contributed by atoms with Gasteiger partial charge in [0.25, 0.3) is 0 Å². The molecule has 0 bridgehead atoms. The van der Waals surface area contributed by atoms with Crippen LogP contribution >= 0.6 is 0 Å². The lowest BCUT2D eigenvalue weighted by atomic mass is 10.0. The molecule has 0 amide bonds. The standard InChI is InChI=1S/C24H19F3N2O2S/c1-3-20-22(29-23-19(24(25,26)27)8-5-9-21(23)28-20)16-12-10-15(11-13-16)17-6-4-7-18(14-17)32(2,30)31/h4-14H,3H2,1-2H3. The third kappa shape index (κ3) is 4.23. The minimum Gasteiger partial charge on any atom is -0.249 e. The lowest BCUT2D eigenvalue weighted by molar-refractivity contribution is -0.136. The van der Waals surface area contributed by atoms with E-state index in [9.17, 15) is 21.6 Å². The number of hydrogen-bond acceptors (Lipinski definition) is 4. The predicted molar refractivity (Wildman–Crippen MR) is 118 cm³/mol. The summed E-state index contributed by atoms with van der Waals surface area (Å²) in [5, 5.41) is 0. The van der Waals surface area contributed by atoms with Crippen LogP contribution in [0.15, 0.2) is 71.6 Å². The molecule has 8 heteroatoms. The molecule has 1 aromatic heterocycles. The Kier molecular flexibility index (Phi) is 5.50. The third-order valence-corrected chi connectivity index (χ3v) is 6.27. The number of fused-ring (bicyclic) bond motifs is 1. The Morgan fingerprint density at radius 2 is 1.50 bits per heavy atom. The summed E-state index contributed by atoms with van der Waals surface area (Å²) in [5.74, 6) is 0. The van der Waals surface area contributed by atoms with Crippen molar-refractivity contribution in [1.29, 1.82) is 0 Å². The maximum absolute atomic E-state index is 13.5. The van der Waals surface area contributed by atoms with Crippen LogP contribution in [0.1, 0.15) is 18.2 Å². The van der Waals surface area contributed by atoms with Gasteiger partial charge in [0, 0.05) is 11.8 Å². The summed E-state index contributed by atoms with van der Waals surface area (Å²) < 4.78 is 64.1. The lowest BCUT2D eigenvalue weighted by Crippen LogP contribution is -2.08. The molecule has 1 heterocycles. The zero-order valence-electron chi connectivity index (χ0n) is 17.3. The summed E-state index contributed by atoms with van der Waals surface area (Å²) in [6.45, 7) is 1.87. The van der Waals surface area contributed by atoms with Crippen molar-refractivity contribution < 1.29 is 21.6 Å². The molecular formula is C24H19F3N2O2S. The van der Waals surface area contributed by atoms with Gasteiger partial charge >= 0.3 is 6.18 Å². The van der Waals surface area contributed by atoms with Crippen molar-refractivity contribution in [3.63, 3.8) is 0 Å². The zero-order valence-corrected chi connectivity index (χ0v) is 18.1. The monoisotopic (exact) mass is 456 g/mol. The molecule has 0 aliphatic carbocycles. The van der Waals surface area contributed by atoms with Crippen LogP contribution in [0.3, 0.4) is 0 Å². The molecule has 0 fully saturated rings. The molecule has 4 aromatic rings. The van der Waals surface area contributed by atoms with Crippen molar-refractivity contribution in [1.82, 2.24) is 9.97 Å². The second kappa shape index (κ2) is 8.02. The number of aromatic nitrogens is 2. The number of nitrogens with zero attached hydrogens (tertiary/aromatic N) is 2. The highest BCUT2D eigenvalue weighted by atomic mass is 32.2. The van der Waals surface area contributed by atoms with E-state index in [0.29, 0.717) is 23.4 Å². The van der Waals surface area contributed by atoms with E-state index in [1.807, 2.05) is 6.92 Å². The maximum Gasteiger partial charge on any atom is 0.418 e. The minimum atomic E-state index is -4.53. The highest BCUT2D eigenvalue weighted by molar-refractivity contribution is 7.90. The number of para-hydroxylation sites is 1. The van der Waals surface area contributed by atoms with Crippen LogP contribution in [0, 0.1) is 0 Å². The Hall–Kier alpha value is -3.26. The maximum atomic E-state index is 13.5. The normalized spacial score (nSPS) is 12.3. The van der Waals surface area contributed by atoms with E-state index >= 15 is 0 Å². The highest BCUT2D eigenvalue weighted by Gasteiger charge is 2.33. The fourth-order valence-corrected chi connectivity index (χ4v) is 4.21. The van der Waals surface area contributed by atoms with Gasteiger partial charge in [-0.2, -0.15) is 13.2 Å². The van der Waals surface area contributed by atoms with Gasteiger partial charge in [-0.15, -0.1) is 0 Å². The van der Waals surface area contributed by atoms with Crippen LogP contribution in [-0.4, -0.2) is 24.6 Å². The van der Waals surface area contributed by atoms with Gasteiger partial charge in [0.1, 0.15) is 5.52 Å². The quantitative estimate of drug-likeness (QED) is 0.381. The molecular weight excluding hydrogens is 437 g/mol. The first-order valence-corrected chi connectivity index (χ1v) is 11.7. The van der Waals surface area contributed by atoms with Crippen LogP contribution in [0.5, 0.6) is 0 Å². The summed E-state index contributed by atoms with van der Waals surface area (Å²) in [4.78, 5) is 9.02. The van der Waals surface area contributed by atoms with Crippen molar-refractivity contribution >= 4 is 20.9 Å². The summed E-state index contributed by atoms with van der Waals surface area (Å²) in [7, 11) is -3.34. The van der Waals surface area contributed by atoms with Crippen LogP contribution in [0.4, 0.5) is 13.2 Å². The van der Waals surface area contributed by atoms with Crippen LogP contribution in [0.2, 0.25) is 0 Å². The lowest BCUT2D eigenvalue weighted by Gasteiger charge is -2.13. The van der Waals surface area contributed by atoms with Crippen LogP contribution < -0.4 is 0 Å². The molecule has 0 spiro atoms. The van der Waals surface area contributed by atoms with E-state index in [4.69, 9.17) is 0 Å². The molecule has 32 heavy (non-hydrogen) atoms. The average molecular weight is 456 g/mol. The second-order valence-electron chi connectivity index (χ2n) is 7.42. The van der Waals surface area contributed by atoms with Crippen molar-refractivity contribution in [2.45, 2.75) is 24.4 Å². The molecule has 0 unspecified atom stereocenters. The van der Waals surface area contributed by atoms with Crippen molar-refractivity contribution in [2.75, 3.05) is 6.26 Å². The molecule has 0 saturated heterocycles. The molecule has 0 aliphatic heterocycles. The molecule has 0 aliphatic rings. The van der Waals surface area contributed by atoms with Crippen LogP contribution in [0.25, 0.3) is 33.4 Å². The number of rotatable bonds is 4. The van der Waals surface area contributed by atoms with E-state index < -0.39 is 21.6 Å². The topological polar surface area (TPSA) is 59.9 Å². The van der Waals surface area contributed by atoms with Gasteiger partial charge in [-0.3, -0.25) is 0 Å². The smallest absolute Gasteiger partial charge is 0.249 e. The fourth-order valence-electron chi connectivity index (χ4n) is 3.55. The first-order chi connectivity index (χ1) is 15.1. The Bertz CT molecular complexity index is 1410. The Morgan fingerprint density at radius 3 is 2.12 bits per heavy atom. The zero-order chi connectivity index (χ0) is 23.1. The Balaban J connectivity index is 1.81. The fraction of sp³-hybridized carbons (Fsp3) is 0.167. The molecule has 0 atom stereocenters.